The summed E-state index contributed by atoms with van der Waals surface area (Å²) in [5.74, 6) is 0.147. The minimum absolute atomic E-state index is 0.147. The second-order valence-electron chi connectivity index (χ2n) is 6.89. The fourth-order valence-corrected chi connectivity index (χ4v) is 2.53. The van der Waals surface area contributed by atoms with Crippen LogP contribution in [0.3, 0.4) is 0 Å². The Hall–Kier alpha value is -1.35. The molecule has 0 bridgehead atoms. The van der Waals surface area contributed by atoms with E-state index >= 15 is 0 Å². The average molecular weight is 274 g/mol. The van der Waals surface area contributed by atoms with Crippen LogP contribution < -0.4 is 5.32 Å². The molecule has 0 atom stereocenters. The van der Waals surface area contributed by atoms with Crippen molar-refractivity contribution >= 4 is 5.91 Å². The third-order valence-corrected chi connectivity index (χ3v) is 3.77. The predicted octanol–water partition coefficient (Wildman–Crippen LogP) is 2.60. The van der Waals surface area contributed by atoms with E-state index in [0.717, 1.165) is 32.5 Å². The molecule has 1 aliphatic heterocycles. The molecule has 3 heteroatoms. The molecule has 3 nitrogen and oxygen atoms in total. The Kier molecular flexibility index (Phi) is 4.81. The van der Waals surface area contributed by atoms with E-state index in [1.165, 1.54) is 11.1 Å². The van der Waals surface area contributed by atoms with Crippen LogP contribution in [0.15, 0.2) is 24.3 Å². The zero-order valence-electron chi connectivity index (χ0n) is 12.9. The smallest absolute Gasteiger partial charge is 0.234 e. The van der Waals surface area contributed by atoms with Crippen molar-refractivity contribution in [1.29, 1.82) is 0 Å². The van der Waals surface area contributed by atoms with Crippen molar-refractivity contribution in [1.82, 2.24) is 10.2 Å². The molecule has 0 aromatic heterocycles. The van der Waals surface area contributed by atoms with E-state index in [-0.39, 0.29) is 11.3 Å². The topological polar surface area (TPSA) is 32.3 Å². The lowest BCUT2D eigenvalue weighted by molar-refractivity contribution is -0.122. The monoisotopic (exact) mass is 274 g/mol. The van der Waals surface area contributed by atoms with E-state index in [0.29, 0.717) is 6.54 Å². The van der Waals surface area contributed by atoms with Crippen molar-refractivity contribution in [2.24, 2.45) is 5.41 Å². The van der Waals surface area contributed by atoms with Crippen LogP contribution in [-0.2, 0) is 17.8 Å². The number of hydrogen-bond donors (Lipinski definition) is 1. The summed E-state index contributed by atoms with van der Waals surface area (Å²) in [5, 5.41) is 3.03. The Morgan fingerprint density at radius 3 is 2.65 bits per heavy atom. The third kappa shape index (κ3) is 4.64. The Morgan fingerprint density at radius 1 is 1.25 bits per heavy atom. The summed E-state index contributed by atoms with van der Waals surface area (Å²) in [4.78, 5) is 14.2. The first-order chi connectivity index (χ1) is 9.44. The number of rotatable bonds is 4. The number of hydrogen-bond acceptors (Lipinski definition) is 2. The fourth-order valence-electron chi connectivity index (χ4n) is 2.53. The highest BCUT2D eigenvalue weighted by Gasteiger charge is 2.18. The van der Waals surface area contributed by atoms with Crippen LogP contribution in [0.25, 0.3) is 0 Å². The summed E-state index contributed by atoms with van der Waals surface area (Å²) >= 11 is 0. The lowest BCUT2D eigenvalue weighted by Gasteiger charge is -2.28. The van der Waals surface area contributed by atoms with Crippen LogP contribution >= 0.6 is 0 Å². The van der Waals surface area contributed by atoms with Gasteiger partial charge in [-0.3, -0.25) is 9.69 Å². The van der Waals surface area contributed by atoms with Gasteiger partial charge in [-0.15, -0.1) is 0 Å². The van der Waals surface area contributed by atoms with Gasteiger partial charge in [0.2, 0.25) is 5.91 Å². The fraction of sp³-hybridized carbons (Fsp3) is 0.588. The van der Waals surface area contributed by atoms with Crippen LogP contribution in [-0.4, -0.2) is 30.4 Å². The molecular weight excluding hydrogens is 248 g/mol. The van der Waals surface area contributed by atoms with E-state index in [1.54, 1.807) is 0 Å². The van der Waals surface area contributed by atoms with Gasteiger partial charge in [0.25, 0.3) is 0 Å². The van der Waals surface area contributed by atoms with Crippen molar-refractivity contribution in [3.63, 3.8) is 0 Å². The normalized spacial score (nSPS) is 15.8. The minimum atomic E-state index is 0.147. The summed E-state index contributed by atoms with van der Waals surface area (Å²) in [7, 11) is 0. The summed E-state index contributed by atoms with van der Waals surface area (Å²) in [6.07, 6.45) is 2.06. The minimum Gasteiger partial charge on any atom is -0.355 e. The Bertz CT molecular complexity index is 462. The second kappa shape index (κ2) is 6.40. The molecule has 0 spiro atoms. The predicted molar refractivity (Wildman–Crippen MR) is 82.5 cm³/mol. The molecule has 1 aromatic carbocycles. The summed E-state index contributed by atoms with van der Waals surface area (Å²) in [6.45, 7) is 9.74. The van der Waals surface area contributed by atoms with Gasteiger partial charge in [-0.1, -0.05) is 45.0 Å². The molecule has 0 saturated carbocycles. The summed E-state index contributed by atoms with van der Waals surface area (Å²) in [6, 6.07) is 8.52. The molecule has 2 rings (SSSR count). The number of carbonyl (C=O) groups excluding carboxylic acids is 1. The quantitative estimate of drug-likeness (QED) is 0.915. The molecule has 1 amide bonds. The molecule has 110 valence electrons. The first-order valence-corrected chi connectivity index (χ1v) is 7.50. The number of benzene rings is 1. The van der Waals surface area contributed by atoms with Gasteiger partial charge in [-0.2, -0.15) is 0 Å². The molecule has 1 aliphatic rings. The van der Waals surface area contributed by atoms with E-state index in [2.05, 4.69) is 55.3 Å². The van der Waals surface area contributed by atoms with Crippen LogP contribution in [0.5, 0.6) is 0 Å². The van der Waals surface area contributed by atoms with E-state index in [9.17, 15) is 4.79 Å². The molecular formula is C17H26N2O. The van der Waals surface area contributed by atoms with Gasteiger partial charge in [-0.05, 0) is 29.4 Å². The lowest BCUT2D eigenvalue weighted by Crippen LogP contribution is -2.40. The molecule has 0 saturated heterocycles. The van der Waals surface area contributed by atoms with E-state index in [1.807, 2.05) is 0 Å². The first-order valence-electron chi connectivity index (χ1n) is 7.50. The number of nitrogens with zero attached hydrogens (tertiary/aromatic N) is 1. The van der Waals surface area contributed by atoms with Crippen molar-refractivity contribution in [3.8, 4) is 0 Å². The molecule has 0 unspecified atom stereocenters. The molecule has 1 aromatic rings. The van der Waals surface area contributed by atoms with Crippen LogP contribution in [0.1, 0.15) is 38.3 Å². The molecule has 0 fully saturated rings. The van der Waals surface area contributed by atoms with Crippen LogP contribution in [0.2, 0.25) is 0 Å². The van der Waals surface area contributed by atoms with Gasteiger partial charge in [0.1, 0.15) is 0 Å². The number of fused-ring (bicyclic) bond motifs is 1. The van der Waals surface area contributed by atoms with Gasteiger partial charge in [0, 0.05) is 19.6 Å². The zero-order valence-corrected chi connectivity index (χ0v) is 12.9. The Labute approximate surface area is 122 Å². The van der Waals surface area contributed by atoms with Gasteiger partial charge in [-0.25, -0.2) is 0 Å². The van der Waals surface area contributed by atoms with Crippen LogP contribution in [0.4, 0.5) is 0 Å². The van der Waals surface area contributed by atoms with Gasteiger partial charge >= 0.3 is 0 Å². The van der Waals surface area contributed by atoms with E-state index < -0.39 is 0 Å². The maximum absolute atomic E-state index is 12.0. The highest BCUT2D eigenvalue weighted by Crippen LogP contribution is 2.18. The number of nitrogens with one attached hydrogen (secondary N) is 1. The zero-order chi connectivity index (χ0) is 14.6. The largest absolute Gasteiger partial charge is 0.355 e. The third-order valence-electron chi connectivity index (χ3n) is 3.77. The maximum Gasteiger partial charge on any atom is 0.234 e. The van der Waals surface area contributed by atoms with Crippen LogP contribution in [0, 0.1) is 5.41 Å². The van der Waals surface area contributed by atoms with Gasteiger partial charge in [0.05, 0.1) is 6.54 Å². The molecule has 1 N–H and O–H groups in total. The van der Waals surface area contributed by atoms with Gasteiger partial charge < -0.3 is 5.32 Å². The van der Waals surface area contributed by atoms with Crippen molar-refractivity contribution in [2.45, 2.75) is 40.2 Å². The lowest BCUT2D eigenvalue weighted by atomic mass is 9.92. The summed E-state index contributed by atoms with van der Waals surface area (Å²) in [5.41, 5.74) is 3.07. The molecule has 1 heterocycles. The van der Waals surface area contributed by atoms with Crippen molar-refractivity contribution in [3.05, 3.63) is 35.4 Å². The number of amides is 1. The highest BCUT2D eigenvalue weighted by molar-refractivity contribution is 5.78. The first kappa shape index (κ1) is 15.0. The molecule has 20 heavy (non-hydrogen) atoms. The van der Waals surface area contributed by atoms with Crippen molar-refractivity contribution in [2.75, 3.05) is 19.6 Å². The highest BCUT2D eigenvalue weighted by atomic mass is 16.2. The standard InChI is InChI=1S/C17H26N2O/c1-17(2,3)9-10-18-16(20)13-19-11-8-14-6-4-5-7-15(14)12-19/h4-7H,8-13H2,1-3H3,(H,18,20). The molecule has 0 aliphatic carbocycles. The van der Waals surface area contributed by atoms with Crippen molar-refractivity contribution < 1.29 is 4.79 Å². The Morgan fingerprint density at radius 2 is 1.95 bits per heavy atom. The Balaban J connectivity index is 1.76. The van der Waals surface area contributed by atoms with E-state index in [4.69, 9.17) is 0 Å². The second-order valence-corrected chi connectivity index (χ2v) is 6.89. The SMILES string of the molecule is CC(C)(C)CCNC(=O)CN1CCc2ccccc2C1. The average Bonchev–Trinajstić information content (AvgIpc) is 2.37. The maximum atomic E-state index is 12.0. The molecule has 0 radical (unpaired) electrons. The van der Waals surface area contributed by atoms with Gasteiger partial charge in [0.15, 0.2) is 0 Å². The summed E-state index contributed by atoms with van der Waals surface area (Å²) < 4.78 is 0. The number of carbonyl (C=O) groups is 1.